The number of nitrogens with zero attached hydrogens (tertiary/aromatic N) is 2. The normalized spacial score (nSPS) is 33.5. The van der Waals surface area contributed by atoms with Crippen molar-refractivity contribution in [1.82, 2.24) is 10.4 Å². The Balaban J connectivity index is 1.42. The van der Waals surface area contributed by atoms with E-state index in [-0.39, 0.29) is 37.0 Å². The van der Waals surface area contributed by atoms with Crippen LogP contribution in [0.1, 0.15) is 51.4 Å². The van der Waals surface area contributed by atoms with Gasteiger partial charge in [0.15, 0.2) is 0 Å². The van der Waals surface area contributed by atoms with Gasteiger partial charge in [-0.1, -0.05) is 12.8 Å². The van der Waals surface area contributed by atoms with E-state index in [4.69, 9.17) is 4.84 Å². The van der Waals surface area contributed by atoms with Crippen molar-refractivity contribution in [2.24, 2.45) is 17.8 Å². The lowest BCUT2D eigenvalue weighted by Crippen LogP contribution is -2.45. The van der Waals surface area contributed by atoms with Gasteiger partial charge in [-0.3, -0.25) is 24.5 Å². The maximum absolute atomic E-state index is 12.4. The zero-order chi connectivity index (χ0) is 21.9. The summed E-state index contributed by atoms with van der Waals surface area (Å²) in [5.41, 5.74) is 1.54. The highest BCUT2D eigenvalue weighted by atomic mass is 16.6. The number of rotatable bonds is 10. The molecule has 0 bridgehead atoms. The summed E-state index contributed by atoms with van der Waals surface area (Å²) in [7, 11) is 0. The molecule has 30 heavy (non-hydrogen) atoms. The fraction of sp³-hybridized carbons (Fsp3) is 0.842. The lowest BCUT2D eigenvalue weighted by Gasteiger charge is -2.29. The van der Waals surface area contributed by atoms with Crippen molar-refractivity contribution in [3.05, 3.63) is 10.1 Å². The molecule has 3 N–H and O–H groups in total. The van der Waals surface area contributed by atoms with Crippen molar-refractivity contribution < 1.29 is 34.4 Å². The molecular weight excluding hydrogens is 398 g/mol. The number of hydroxylamine groups is 1. The van der Waals surface area contributed by atoms with Crippen LogP contribution in [0.5, 0.6) is 0 Å². The minimum Gasteiger partial charge on any atom is -0.481 e. The van der Waals surface area contributed by atoms with E-state index in [1.807, 2.05) is 0 Å². The molecule has 1 amide bonds. The third kappa shape index (κ3) is 4.41. The van der Waals surface area contributed by atoms with Gasteiger partial charge in [0.2, 0.25) is 6.04 Å². The quantitative estimate of drug-likeness (QED) is 0.199. The molecular formula is C19H29N3O8. The predicted molar refractivity (Wildman–Crippen MR) is 102 cm³/mol. The molecule has 2 saturated carbocycles. The molecule has 2 aliphatic carbocycles. The second-order valence-electron chi connectivity index (χ2n) is 8.54. The van der Waals surface area contributed by atoms with E-state index < -0.39 is 34.4 Å². The SMILES string of the molecule is O=C(O)C1CCCCC1CONCCCN1C(=O)C12CC([N+](=O)[O-])CCC2C(=O)O. The Hall–Kier alpha value is -2.27. The van der Waals surface area contributed by atoms with Crippen molar-refractivity contribution in [1.29, 1.82) is 0 Å². The molecule has 0 aromatic carbocycles. The molecule has 3 fully saturated rings. The molecule has 11 heteroatoms. The molecule has 1 heterocycles. The number of carbonyl (C=O) groups excluding carboxylic acids is 1. The van der Waals surface area contributed by atoms with Crippen molar-refractivity contribution in [3.8, 4) is 0 Å². The summed E-state index contributed by atoms with van der Waals surface area (Å²) < 4.78 is 0. The van der Waals surface area contributed by atoms with Gasteiger partial charge < -0.3 is 20.0 Å². The van der Waals surface area contributed by atoms with Gasteiger partial charge in [-0.05, 0) is 31.6 Å². The average Bonchev–Trinajstić information content (AvgIpc) is 3.25. The third-order valence-corrected chi connectivity index (χ3v) is 6.84. The van der Waals surface area contributed by atoms with E-state index in [9.17, 15) is 34.7 Å². The minimum absolute atomic E-state index is 0.0293. The molecule has 0 aromatic rings. The van der Waals surface area contributed by atoms with Crippen LogP contribution in [0.4, 0.5) is 0 Å². The maximum atomic E-state index is 12.4. The number of hydrogen-bond acceptors (Lipinski definition) is 7. The highest BCUT2D eigenvalue weighted by Crippen LogP contribution is 2.50. The van der Waals surface area contributed by atoms with Crippen molar-refractivity contribution in [2.45, 2.75) is 62.9 Å². The van der Waals surface area contributed by atoms with Gasteiger partial charge in [0.1, 0.15) is 5.54 Å². The first-order valence-electron chi connectivity index (χ1n) is 10.5. The Morgan fingerprint density at radius 2 is 1.93 bits per heavy atom. The average molecular weight is 427 g/mol. The van der Waals surface area contributed by atoms with Crippen LogP contribution >= 0.6 is 0 Å². The summed E-state index contributed by atoms with van der Waals surface area (Å²) in [4.78, 5) is 52.9. The Morgan fingerprint density at radius 3 is 2.60 bits per heavy atom. The molecule has 0 aromatic heterocycles. The molecule has 11 nitrogen and oxygen atoms in total. The Kier molecular flexibility index (Phi) is 6.91. The van der Waals surface area contributed by atoms with Crippen molar-refractivity contribution >= 4 is 17.8 Å². The number of nitro groups is 1. The Morgan fingerprint density at radius 1 is 1.20 bits per heavy atom. The van der Waals surface area contributed by atoms with Gasteiger partial charge in [-0.15, -0.1) is 0 Å². The molecule has 3 aliphatic rings. The maximum Gasteiger partial charge on any atom is 0.309 e. The number of aliphatic carboxylic acids is 2. The molecule has 3 rings (SSSR count). The fourth-order valence-corrected chi connectivity index (χ4v) is 5.15. The van der Waals surface area contributed by atoms with E-state index in [1.165, 1.54) is 4.90 Å². The zero-order valence-electron chi connectivity index (χ0n) is 16.8. The number of nitrogens with one attached hydrogen (secondary N) is 1. The lowest BCUT2D eigenvalue weighted by atomic mass is 9.76. The number of carbonyl (C=O) groups is 3. The second kappa shape index (κ2) is 9.25. The zero-order valence-corrected chi connectivity index (χ0v) is 16.8. The minimum atomic E-state index is -1.25. The summed E-state index contributed by atoms with van der Waals surface area (Å²) >= 11 is 0. The van der Waals surface area contributed by atoms with Crippen LogP contribution in [0.3, 0.4) is 0 Å². The molecule has 5 unspecified atom stereocenters. The summed E-state index contributed by atoms with van der Waals surface area (Å²) in [5.74, 6) is -3.53. The van der Waals surface area contributed by atoms with Crippen LogP contribution in [0.15, 0.2) is 0 Å². The van der Waals surface area contributed by atoms with Gasteiger partial charge in [0.05, 0.1) is 18.4 Å². The predicted octanol–water partition coefficient (Wildman–Crippen LogP) is 0.900. The van der Waals surface area contributed by atoms with Gasteiger partial charge in [0.25, 0.3) is 5.91 Å². The number of hydrogen-bond donors (Lipinski definition) is 3. The largest absolute Gasteiger partial charge is 0.481 e. The van der Waals surface area contributed by atoms with Crippen LogP contribution in [0, 0.1) is 27.9 Å². The molecule has 168 valence electrons. The first-order valence-corrected chi connectivity index (χ1v) is 10.5. The first kappa shape index (κ1) is 22.4. The van der Waals surface area contributed by atoms with Gasteiger partial charge in [-0.25, -0.2) is 5.48 Å². The molecule has 1 saturated heterocycles. The number of amides is 1. The number of carboxylic acid groups (broad SMARTS) is 2. The van der Waals surface area contributed by atoms with E-state index in [0.29, 0.717) is 32.5 Å². The second-order valence-corrected chi connectivity index (χ2v) is 8.54. The molecule has 0 radical (unpaired) electrons. The van der Waals surface area contributed by atoms with Gasteiger partial charge >= 0.3 is 11.9 Å². The summed E-state index contributed by atoms with van der Waals surface area (Å²) in [6.45, 7) is 1.00. The third-order valence-electron chi connectivity index (χ3n) is 6.84. The monoisotopic (exact) mass is 427 g/mol. The highest BCUT2D eigenvalue weighted by Gasteiger charge is 2.71. The van der Waals surface area contributed by atoms with E-state index in [1.54, 1.807) is 0 Å². The van der Waals surface area contributed by atoms with Crippen molar-refractivity contribution in [2.75, 3.05) is 19.7 Å². The standard InChI is InChI=1S/C19H29N3O8/c23-16(24)14-5-2-1-4-12(14)11-30-20-8-3-9-21-18(27)19(21)10-13(22(28)29)6-7-15(19)17(25)26/h12-15,20H,1-11H2,(H,23,24)(H,25,26). The van der Waals surface area contributed by atoms with Gasteiger partial charge in [-0.2, -0.15) is 0 Å². The highest BCUT2D eigenvalue weighted by molar-refractivity contribution is 6.06. The topological polar surface area (TPSA) is 159 Å². The van der Waals surface area contributed by atoms with Crippen LogP contribution < -0.4 is 5.48 Å². The number of carboxylic acids is 2. The molecule has 1 spiro atoms. The summed E-state index contributed by atoms with van der Waals surface area (Å²) in [6, 6.07) is -0.895. The van der Waals surface area contributed by atoms with Crippen LogP contribution in [0.2, 0.25) is 0 Å². The fourth-order valence-electron chi connectivity index (χ4n) is 5.15. The van der Waals surface area contributed by atoms with E-state index in [2.05, 4.69) is 5.48 Å². The molecule has 1 aliphatic heterocycles. The summed E-state index contributed by atoms with van der Waals surface area (Å²) in [6.07, 6.45) is 4.12. The Labute approximate surface area is 173 Å². The van der Waals surface area contributed by atoms with Gasteiger partial charge in [0, 0.05) is 30.9 Å². The Bertz CT molecular complexity index is 701. The molecule has 5 atom stereocenters. The lowest BCUT2D eigenvalue weighted by molar-refractivity contribution is -0.528. The van der Waals surface area contributed by atoms with Crippen molar-refractivity contribution in [3.63, 3.8) is 0 Å². The van der Waals surface area contributed by atoms with E-state index >= 15 is 0 Å². The first-order chi connectivity index (χ1) is 14.3. The smallest absolute Gasteiger partial charge is 0.309 e. The van der Waals surface area contributed by atoms with Crippen LogP contribution in [0.25, 0.3) is 0 Å². The van der Waals surface area contributed by atoms with Crippen LogP contribution in [-0.4, -0.2) is 69.2 Å². The van der Waals surface area contributed by atoms with Crippen LogP contribution in [-0.2, 0) is 19.2 Å². The van der Waals surface area contributed by atoms with E-state index in [0.717, 1.165) is 19.3 Å². The summed E-state index contributed by atoms with van der Waals surface area (Å²) in [5, 5.41) is 29.9.